The predicted octanol–water partition coefficient (Wildman–Crippen LogP) is 1.64. The number of amides is 2. The van der Waals surface area contributed by atoms with E-state index in [4.69, 9.17) is 0 Å². The summed E-state index contributed by atoms with van der Waals surface area (Å²) in [6.07, 6.45) is 5.85. The van der Waals surface area contributed by atoms with Gasteiger partial charge in [-0.25, -0.2) is 4.98 Å². The third-order valence-electron chi connectivity index (χ3n) is 4.66. The average molecular weight is 357 g/mol. The predicted molar refractivity (Wildman–Crippen MR) is 100 cm³/mol. The van der Waals surface area contributed by atoms with E-state index in [0.717, 1.165) is 45.3 Å². The van der Waals surface area contributed by atoms with Gasteiger partial charge in [-0.15, -0.1) is 0 Å². The SMILES string of the molecule is CN(C)CCCNC(=O)c1nc(C(=O)N2CCCCC2)c2ccccn12. The molecule has 1 aliphatic heterocycles. The molecule has 7 heteroatoms. The molecule has 1 N–H and O–H groups in total. The minimum atomic E-state index is -0.248. The number of imidazole rings is 1. The van der Waals surface area contributed by atoms with Crippen molar-refractivity contribution in [2.75, 3.05) is 40.3 Å². The van der Waals surface area contributed by atoms with E-state index in [1.54, 1.807) is 10.6 Å². The lowest BCUT2D eigenvalue weighted by atomic mass is 10.1. The normalized spacial score (nSPS) is 14.8. The summed E-state index contributed by atoms with van der Waals surface area (Å²) in [5.41, 5.74) is 1.05. The van der Waals surface area contributed by atoms with Crippen LogP contribution in [0.2, 0.25) is 0 Å². The zero-order chi connectivity index (χ0) is 18.5. The Morgan fingerprint density at radius 2 is 1.96 bits per heavy atom. The minimum absolute atomic E-state index is 0.0833. The van der Waals surface area contributed by atoms with E-state index in [1.807, 2.05) is 37.2 Å². The van der Waals surface area contributed by atoms with Gasteiger partial charge in [0.25, 0.3) is 11.8 Å². The topological polar surface area (TPSA) is 70.0 Å². The molecule has 1 fully saturated rings. The van der Waals surface area contributed by atoms with Crippen molar-refractivity contribution in [2.45, 2.75) is 25.7 Å². The molecule has 2 aromatic heterocycles. The number of nitrogens with zero attached hydrogens (tertiary/aromatic N) is 4. The van der Waals surface area contributed by atoms with E-state index < -0.39 is 0 Å². The molecule has 3 rings (SSSR count). The minimum Gasteiger partial charge on any atom is -0.349 e. The van der Waals surface area contributed by atoms with E-state index in [1.165, 1.54) is 0 Å². The second kappa shape index (κ2) is 8.31. The summed E-state index contributed by atoms with van der Waals surface area (Å²) in [5.74, 6) is -0.0616. The van der Waals surface area contributed by atoms with Crippen molar-refractivity contribution in [1.82, 2.24) is 24.5 Å². The Hall–Kier alpha value is -2.41. The van der Waals surface area contributed by atoms with Crippen molar-refractivity contribution in [3.63, 3.8) is 0 Å². The highest BCUT2D eigenvalue weighted by Crippen LogP contribution is 2.18. The molecule has 0 spiro atoms. The van der Waals surface area contributed by atoms with E-state index >= 15 is 0 Å². The van der Waals surface area contributed by atoms with Crippen molar-refractivity contribution in [3.05, 3.63) is 35.9 Å². The molecular formula is C19H27N5O2. The molecule has 3 heterocycles. The van der Waals surface area contributed by atoms with Crippen LogP contribution in [-0.4, -0.2) is 71.3 Å². The number of hydrogen-bond donors (Lipinski definition) is 1. The van der Waals surface area contributed by atoms with Crippen molar-refractivity contribution in [2.24, 2.45) is 0 Å². The van der Waals surface area contributed by atoms with E-state index in [9.17, 15) is 9.59 Å². The summed E-state index contributed by atoms with van der Waals surface area (Å²) in [6, 6.07) is 5.54. The number of aromatic nitrogens is 2. The molecule has 0 aliphatic carbocycles. The standard InChI is InChI=1S/C19H27N5O2/c1-22(2)11-8-10-20-18(25)17-21-16(15-9-4-7-14-24(15)17)19(26)23-12-5-3-6-13-23/h4,7,9,14H,3,5-6,8,10-13H2,1-2H3,(H,20,25). The second-order valence-electron chi connectivity index (χ2n) is 7.01. The first-order valence-corrected chi connectivity index (χ1v) is 9.27. The first-order chi connectivity index (χ1) is 12.6. The number of hydrogen-bond acceptors (Lipinski definition) is 4. The monoisotopic (exact) mass is 357 g/mol. The van der Waals surface area contributed by atoms with E-state index in [2.05, 4.69) is 15.2 Å². The smallest absolute Gasteiger partial charge is 0.287 e. The molecule has 1 saturated heterocycles. The molecule has 0 atom stereocenters. The lowest BCUT2D eigenvalue weighted by molar-refractivity contribution is 0.0721. The van der Waals surface area contributed by atoms with E-state index in [0.29, 0.717) is 17.8 Å². The van der Waals surface area contributed by atoms with Gasteiger partial charge in [0.1, 0.15) is 0 Å². The Morgan fingerprint density at radius 3 is 2.69 bits per heavy atom. The molecule has 0 bridgehead atoms. The van der Waals surface area contributed by atoms with Gasteiger partial charge in [0.2, 0.25) is 5.82 Å². The van der Waals surface area contributed by atoms with Crippen molar-refractivity contribution < 1.29 is 9.59 Å². The Kier molecular flexibility index (Phi) is 5.88. The first-order valence-electron chi connectivity index (χ1n) is 9.27. The highest BCUT2D eigenvalue weighted by Gasteiger charge is 2.25. The van der Waals surface area contributed by atoms with Crippen LogP contribution in [-0.2, 0) is 0 Å². The third kappa shape index (κ3) is 4.04. The molecule has 0 aromatic carbocycles. The first kappa shape index (κ1) is 18.4. The van der Waals surface area contributed by atoms with Gasteiger partial charge >= 0.3 is 0 Å². The number of piperidine rings is 1. The molecule has 2 amide bonds. The lowest BCUT2D eigenvalue weighted by Gasteiger charge is -2.25. The van der Waals surface area contributed by atoms with E-state index in [-0.39, 0.29) is 17.6 Å². The molecular weight excluding hydrogens is 330 g/mol. The number of carbonyl (C=O) groups excluding carboxylic acids is 2. The van der Waals surface area contributed by atoms with Crippen molar-refractivity contribution in [1.29, 1.82) is 0 Å². The number of likely N-dealkylation sites (tertiary alicyclic amines) is 1. The second-order valence-corrected chi connectivity index (χ2v) is 7.01. The van der Waals surface area contributed by atoms with Crippen LogP contribution in [0.15, 0.2) is 24.4 Å². The maximum Gasteiger partial charge on any atom is 0.287 e. The molecule has 0 unspecified atom stereocenters. The summed E-state index contributed by atoms with van der Waals surface area (Å²) in [4.78, 5) is 33.8. The van der Waals surface area contributed by atoms with Gasteiger partial charge in [0.15, 0.2) is 5.69 Å². The lowest BCUT2D eigenvalue weighted by Crippen LogP contribution is -2.36. The van der Waals surface area contributed by atoms with Gasteiger partial charge < -0.3 is 15.1 Å². The Balaban J connectivity index is 1.80. The molecule has 7 nitrogen and oxygen atoms in total. The molecule has 2 aromatic rings. The van der Waals surface area contributed by atoms with Crippen LogP contribution in [0.4, 0.5) is 0 Å². The van der Waals surface area contributed by atoms with Gasteiger partial charge in [-0.1, -0.05) is 6.07 Å². The van der Waals surface area contributed by atoms with Crippen LogP contribution >= 0.6 is 0 Å². The summed E-state index contributed by atoms with van der Waals surface area (Å²) in [7, 11) is 4.00. The third-order valence-corrected chi connectivity index (χ3v) is 4.66. The van der Waals surface area contributed by atoms with Crippen molar-refractivity contribution in [3.8, 4) is 0 Å². The highest BCUT2D eigenvalue weighted by molar-refractivity contribution is 6.02. The fourth-order valence-electron chi connectivity index (χ4n) is 3.28. The van der Waals surface area contributed by atoms with Gasteiger partial charge in [0.05, 0.1) is 5.52 Å². The molecule has 0 radical (unpaired) electrons. The van der Waals surface area contributed by atoms with Crippen molar-refractivity contribution >= 4 is 17.3 Å². The number of rotatable bonds is 6. The van der Waals surface area contributed by atoms with Crippen LogP contribution in [0.1, 0.15) is 46.8 Å². The zero-order valence-corrected chi connectivity index (χ0v) is 15.6. The van der Waals surface area contributed by atoms with Gasteiger partial charge in [-0.3, -0.25) is 14.0 Å². The van der Waals surface area contributed by atoms with Crippen LogP contribution in [0.25, 0.3) is 5.52 Å². The number of nitrogens with one attached hydrogen (secondary N) is 1. The highest BCUT2D eigenvalue weighted by atomic mass is 16.2. The molecule has 140 valence electrons. The number of fused-ring (bicyclic) bond motifs is 1. The van der Waals surface area contributed by atoms with Crippen LogP contribution in [0.5, 0.6) is 0 Å². The maximum atomic E-state index is 12.9. The van der Waals surface area contributed by atoms with Crippen LogP contribution < -0.4 is 5.32 Å². The Bertz CT molecular complexity index is 777. The quantitative estimate of drug-likeness (QED) is 0.798. The fourth-order valence-corrected chi connectivity index (χ4v) is 3.28. The Morgan fingerprint density at radius 1 is 1.19 bits per heavy atom. The average Bonchev–Trinajstić information content (AvgIpc) is 3.05. The summed E-state index contributed by atoms with van der Waals surface area (Å²) < 4.78 is 1.71. The summed E-state index contributed by atoms with van der Waals surface area (Å²) >= 11 is 0. The molecule has 0 saturated carbocycles. The van der Waals surface area contributed by atoms with Gasteiger partial charge in [-0.05, 0) is 58.5 Å². The summed E-state index contributed by atoms with van der Waals surface area (Å²) in [5, 5.41) is 2.90. The molecule has 26 heavy (non-hydrogen) atoms. The summed E-state index contributed by atoms with van der Waals surface area (Å²) in [6.45, 7) is 3.00. The fraction of sp³-hybridized carbons (Fsp3) is 0.526. The zero-order valence-electron chi connectivity index (χ0n) is 15.6. The van der Waals surface area contributed by atoms with Gasteiger partial charge in [-0.2, -0.15) is 0 Å². The Labute approximate surface area is 154 Å². The van der Waals surface area contributed by atoms with Gasteiger partial charge in [0, 0.05) is 25.8 Å². The largest absolute Gasteiger partial charge is 0.349 e. The number of carbonyl (C=O) groups is 2. The number of pyridine rings is 1. The maximum absolute atomic E-state index is 12.9. The van der Waals surface area contributed by atoms with Crippen LogP contribution in [0, 0.1) is 0 Å². The van der Waals surface area contributed by atoms with Crippen LogP contribution in [0.3, 0.4) is 0 Å². The molecule has 1 aliphatic rings.